The molecule has 1 spiro atoms. The van der Waals surface area contributed by atoms with E-state index in [0.717, 1.165) is 24.8 Å². The molecule has 2 saturated heterocycles. The molecule has 3 rings (SSSR count). The van der Waals surface area contributed by atoms with Gasteiger partial charge in [0.05, 0.1) is 0 Å². The largest absolute Gasteiger partial charge is 0.480 e. The molecule has 130 valence electrons. The Hall–Kier alpha value is -2.08. The minimum absolute atomic E-state index is 0.0164. The summed E-state index contributed by atoms with van der Waals surface area (Å²) in [5.74, 6) is -0.961. The minimum atomic E-state index is -0.961. The second-order valence-corrected chi connectivity index (χ2v) is 6.65. The van der Waals surface area contributed by atoms with Crippen LogP contribution in [-0.2, 0) is 20.9 Å². The molecule has 24 heavy (non-hydrogen) atoms. The predicted molar refractivity (Wildman–Crippen MR) is 86.5 cm³/mol. The zero-order chi connectivity index (χ0) is 17.0. The lowest BCUT2D eigenvalue weighted by Crippen LogP contribution is -2.54. The van der Waals surface area contributed by atoms with Crippen LogP contribution in [0.2, 0.25) is 0 Å². The van der Waals surface area contributed by atoms with Crippen molar-refractivity contribution in [3.63, 3.8) is 0 Å². The number of piperidine rings is 1. The van der Waals surface area contributed by atoms with Gasteiger partial charge in [0.2, 0.25) is 0 Å². The molecule has 0 bridgehead atoms. The number of ether oxygens (including phenoxy) is 2. The number of carboxylic acids is 1. The highest BCUT2D eigenvalue weighted by Gasteiger charge is 2.45. The van der Waals surface area contributed by atoms with Crippen molar-refractivity contribution in [3.8, 4) is 0 Å². The molecule has 2 fully saturated rings. The summed E-state index contributed by atoms with van der Waals surface area (Å²) in [6.45, 7) is 1.92. The molecule has 1 N–H and O–H groups in total. The van der Waals surface area contributed by atoms with Crippen LogP contribution >= 0.6 is 0 Å². The molecule has 2 heterocycles. The summed E-state index contributed by atoms with van der Waals surface area (Å²) in [5, 5.41) is 9.58. The number of carboxylic acid groups (broad SMARTS) is 1. The van der Waals surface area contributed by atoms with E-state index in [0.29, 0.717) is 26.2 Å². The first kappa shape index (κ1) is 16.8. The molecule has 0 aromatic heterocycles. The lowest BCUT2D eigenvalue weighted by atomic mass is 9.70. The third kappa shape index (κ3) is 3.70. The summed E-state index contributed by atoms with van der Waals surface area (Å²) in [5.41, 5.74) is 0.868. The van der Waals surface area contributed by atoms with Crippen LogP contribution in [0.25, 0.3) is 0 Å². The summed E-state index contributed by atoms with van der Waals surface area (Å²) in [4.78, 5) is 25.4. The fraction of sp³-hybridized carbons (Fsp3) is 0.556. The predicted octanol–water partition coefficient (Wildman–Crippen LogP) is 2.67. The van der Waals surface area contributed by atoms with Gasteiger partial charge in [-0.1, -0.05) is 30.3 Å². The summed E-state index contributed by atoms with van der Waals surface area (Å²) >= 11 is 0. The number of benzene rings is 1. The molecular weight excluding hydrogens is 310 g/mol. The second-order valence-electron chi connectivity index (χ2n) is 6.65. The van der Waals surface area contributed by atoms with Crippen LogP contribution in [0.1, 0.15) is 31.2 Å². The first-order chi connectivity index (χ1) is 11.6. The van der Waals surface area contributed by atoms with Gasteiger partial charge in [0.1, 0.15) is 12.6 Å². The van der Waals surface area contributed by atoms with Crippen molar-refractivity contribution in [2.75, 3.05) is 19.8 Å². The van der Waals surface area contributed by atoms with Crippen molar-refractivity contribution >= 4 is 12.1 Å². The van der Waals surface area contributed by atoms with Gasteiger partial charge in [0.15, 0.2) is 0 Å². The number of amides is 1. The highest BCUT2D eigenvalue weighted by Crippen LogP contribution is 2.43. The van der Waals surface area contributed by atoms with Gasteiger partial charge in [-0.3, -0.25) is 4.90 Å². The molecule has 1 unspecified atom stereocenters. The Labute approximate surface area is 141 Å². The number of carbonyl (C=O) groups is 2. The van der Waals surface area contributed by atoms with Gasteiger partial charge in [0.25, 0.3) is 0 Å². The Balaban J connectivity index is 1.63. The fourth-order valence-corrected chi connectivity index (χ4v) is 3.64. The van der Waals surface area contributed by atoms with Crippen LogP contribution in [0.5, 0.6) is 0 Å². The van der Waals surface area contributed by atoms with Crippen LogP contribution in [0, 0.1) is 5.41 Å². The molecule has 6 nitrogen and oxygen atoms in total. The number of carbonyl (C=O) groups excluding carboxylic acids is 1. The van der Waals surface area contributed by atoms with Gasteiger partial charge in [-0.15, -0.1) is 0 Å². The number of nitrogens with zero attached hydrogens (tertiary/aromatic N) is 1. The molecule has 0 saturated carbocycles. The quantitative estimate of drug-likeness (QED) is 0.920. The lowest BCUT2D eigenvalue weighted by molar-refractivity contribution is -0.148. The van der Waals surface area contributed by atoms with E-state index < -0.39 is 18.1 Å². The van der Waals surface area contributed by atoms with Gasteiger partial charge in [0, 0.05) is 19.8 Å². The van der Waals surface area contributed by atoms with Crippen molar-refractivity contribution in [1.82, 2.24) is 4.90 Å². The van der Waals surface area contributed by atoms with Crippen molar-refractivity contribution in [1.29, 1.82) is 0 Å². The van der Waals surface area contributed by atoms with Crippen LogP contribution in [0.4, 0.5) is 4.79 Å². The van der Waals surface area contributed by atoms with E-state index in [2.05, 4.69) is 0 Å². The van der Waals surface area contributed by atoms with Crippen molar-refractivity contribution in [2.24, 2.45) is 5.41 Å². The van der Waals surface area contributed by atoms with Gasteiger partial charge in [-0.2, -0.15) is 0 Å². The molecule has 2 aliphatic rings. The van der Waals surface area contributed by atoms with Crippen LogP contribution in [-0.4, -0.2) is 47.9 Å². The lowest BCUT2D eigenvalue weighted by Gasteiger charge is -2.46. The average Bonchev–Trinajstić information content (AvgIpc) is 2.61. The standard InChI is InChI=1S/C18H23NO5/c20-16(21)15-12-18(7-10-23-11-8-18)6-9-19(15)17(22)24-13-14-4-2-1-3-5-14/h1-5,15H,6-13H2,(H,20,21). The normalized spacial score (nSPS) is 23.0. The molecule has 1 aromatic rings. The molecule has 6 heteroatoms. The van der Waals surface area contributed by atoms with Crippen molar-refractivity contribution in [3.05, 3.63) is 35.9 Å². The van der Waals surface area contributed by atoms with E-state index in [1.54, 1.807) is 0 Å². The van der Waals surface area contributed by atoms with Crippen molar-refractivity contribution in [2.45, 2.75) is 38.3 Å². The third-order valence-electron chi connectivity index (χ3n) is 5.16. The van der Waals surface area contributed by atoms with Gasteiger partial charge < -0.3 is 14.6 Å². The number of rotatable bonds is 3. The highest BCUT2D eigenvalue weighted by atomic mass is 16.6. The molecular formula is C18H23NO5. The topological polar surface area (TPSA) is 76.1 Å². The van der Waals surface area contributed by atoms with Gasteiger partial charge in [-0.25, -0.2) is 9.59 Å². The summed E-state index contributed by atoms with van der Waals surface area (Å²) in [6, 6.07) is 8.56. The maximum atomic E-state index is 12.4. The molecule has 1 aromatic carbocycles. The Kier molecular flexibility index (Phi) is 5.04. The summed E-state index contributed by atoms with van der Waals surface area (Å²) in [6.07, 6.45) is 2.47. The van der Waals surface area contributed by atoms with E-state index in [1.807, 2.05) is 30.3 Å². The van der Waals surface area contributed by atoms with E-state index >= 15 is 0 Å². The Morgan fingerprint density at radius 1 is 1.21 bits per heavy atom. The second kappa shape index (κ2) is 7.21. The first-order valence-corrected chi connectivity index (χ1v) is 8.38. The van der Waals surface area contributed by atoms with Gasteiger partial charge in [-0.05, 0) is 36.7 Å². The zero-order valence-corrected chi connectivity index (χ0v) is 13.6. The van der Waals surface area contributed by atoms with Crippen LogP contribution in [0.15, 0.2) is 30.3 Å². The molecule has 0 aliphatic carbocycles. The molecule has 2 aliphatic heterocycles. The average molecular weight is 333 g/mol. The third-order valence-corrected chi connectivity index (χ3v) is 5.16. The van der Waals surface area contributed by atoms with Gasteiger partial charge >= 0.3 is 12.1 Å². The molecule has 1 atom stereocenters. The number of aliphatic carboxylic acids is 1. The van der Waals surface area contributed by atoms with Crippen LogP contribution in [0.3, 0.4) is 0 Å². The van der Waals surface area contributed by atoms with Crippen molar-refractivity contribution < 1.29 is 24.2 Å². The Morgan fingerprint density at radius 2 is 1.92 bits per heavy atom. The number of hydrogen-bond donors (Lipinski definition) is 1. The zero-order valence-electron chi connectivity index (χ0n) is 13.6. The van der Waals surface area contributed by atoms with Crippen LogP contribution < -0.4 is 0 Å². The first-order valence-electron chi connectivity index (χ1n) is 8.38. The van der Waals surface area contributed by atoms with E-state index in [4.69, 9.17) is 9.47 Å². The van der Waals surface area contributed by atoms with E-state index in [1.165, 1.54) is 4.90 Å². The monoisotopic (exact) mass is 333 g/mol. The minimum Gasteiger partial charge on any atom is -0.480 e. The highest BCUT2D eigenvalue weighted by molar-refractivity contribution is 5.80. The number of likely N-dealkylation sites (tertiary alicyclic amines) is 1. The van der Waals surface area contributed by atoms with E-state index in [9.17, 15) is 14.7 Å². The Bertz CT molecular complexity index is 582. The molecule has 0 radical (unpaired) electrons. The maximum absolute atomic E-state index is 12.4. The summed E-state index contributed by atoms with van der Waals surface area (Å²) in [7, 11) is 0. The smallest absolute Gasteiger partial charge is 0.410 e. The maximum Gasteiger partial charge on any atom is 0.410 e. The molecule has 1 amide bonds. The SMILES string of the molecule is O=C(O)C1CC2(CCOCC2)CCN1C(=O)OCc1ccccc1. The Morgan fingerprint density at radius 3 is 2.58 bits per heavy atom. The summed E-state index contributed by atoms with van der Waals surface area (Å²) < 4.78 is 10.7. The fourth-order valence-electron chi connectivity index (χ4n) is 3.64. The number of hydrogen-bond acceptors (Lipinski definition) is 4. The van der Waals surface area contributed by atoms with E-state index in [-0.39, 0.29) is 12.0 Å².